The molecule has 5 rings (SSSR count). The second-order valence-electron chi connectivity index (χ2n) is 10.4. The van der Waals surface area contributed by atoms with E-state index in [-0.39, 0.29) is 23.7 Å². The lowest BCUT2D eigenvalue weighted by atomic mass is 9.51. The molecule has 0 heterocycles. The van der Waals surface area contributed by atoms with Gasteiger partial charge in [-0.1, -0.05) is 36.5 Å². The summed E-state index contributed by atoms with van der Waals surface area (Å²) in [5.41, 5.74) is 5.71. The first-order valence-corrected chi connectivity index (χ1v) is 11.7. The second kappa shape index (κ2) is 7.47. The molecule has 0 amide bonds. The number of aliphatic hydroxyl groups excluding tert-OH is 1. The van der Waals surface area contributed by atoms with Crippen LogP contribution < -0.4 is 0 Å². The van der Waals surface area contributed by atoms with Gasteiger partial charge in [0.2, 0.25) is 0 Å². The van der Waals surface area contributed by atoms with Crippen molar-refractivity contribution in [2.45, 2.75) is 70.3 Å². The lowest BCUT2D eigenvalue weighted by molar-refractivity contribution is -0.114. The molecule has 3 nitrogen and oxygen atoms in total. The molecule has 0 aromatic heterocycles. The van der Waals surface area contributed by atoms with Gasteiger partial charge < -0.3 is 10.2 Å². The van der Waals surface area contributed by atoms with E-state index in [2.05, 4.69) is 30.9 Å². The molecule has 1 aromatic rings. The van der Waals surface area contributed by atoms with Crippen molar-refractivity contribution in [3.05, 3.63) is 58.2 Å². The van der Waals surface area contributed by atoms with Gasteiger partial charge in [0.25, 0.3) is 0 Å². The number of benzene rings is 1. The summed E-state index contributed by atoms with van der Waals surface area (Å²) in [4.78, 5) is 12.1. The molecule has 2 saturated carbocycles. The normalized spacial score (nSPS) is 36.7. The average molecular weight is 417 g/mol. The third-order valence-electron chi connectivity index (χ3n) is 8.92. The van der Waals surface area contributed by atoms with Crippen LogP contribution in [0.3, 0.4) is 0 Å². The van der Waals surface area contributed by atoms with E-state index in [4.69, 9.17) is 5.11 Å². The number of allylic oxidation sites excluding steroid dienone is 4. The first-order chi connectivity index (χ1) is 14.8. The fourth-order valence-electron chi connectivity index (χ4n) is 7.12. The zero-order valence-electron chi connectivity index (χ0n) is 18.6. The van der Waals surface area contributed by atoms with Crippen LogP contribution in [-0.4, -0.2) is 28.2 Å². The predicted octanol–water partition coefficient (Wildman–Crippen LogP) is 4.68. The first-order valence-electron chi connectivity index (χ1n) is 11.7. The Morgan fingerprint density at radius 3 is 2.61 bits per heavy atom. The largest absolute Gasteiger partial charge is 0.390 e. The van der Waals surface area contributed by atoms with Gasteiger partial charge in [0.15, 0.2) is 5.78 Å². The zero-order chi connectivity index (χ0) is 21.8. The minimum Gasteiger partial charge on any atom is -0.390 e. The van der Waals surface area contributed by atoms with E-state index in [0.29, 0.717) is 18.3 Å². The highest BCUT2D eigenvalue weighted by atomic mass is 16.3. The highest BCUT2D eigenvalue weighted by Crippen LogP contribution is 2.66. The molecule has 31 heavy (non-hydrogen) atoms. The molecule has 162 valence electrons. The first kappa shape index (κ1) is 20.7. The molecule has 2 fully saturated rings. The Hall–Kier alpha value is -2.15. The minimum absolute atomic E-state index is 0.104. The molecule has 0 spiro atoms. The molecule has 4 aliphatic carbocycles. The van der Waals surface area contributed by atoms with Crippen molar-refractivity contribution in [1.82, 2.24) is 0 Å². The lowest BCUT2D eigenvalue weighted by Gasteiger charge is -2.54. The quantitative estimate of drug-likeness (QED) is 0.654. The van der Waals surface area contributed by atoms with Gasteiger partial charge in [-0.05, 0) is 92.2 Å². The van der Waals surface area contributed by atoms with Gasteiger partial charge in [-0.25, -0.2) is 0 Å². The van der Waals surface area contributed by atoms with Crippen molar-refractivity contribution in [2.75, 3.05) is 6.61 Å². The number of hydrogen-bond donors (Lipinski definition) is 2. The number of carbonyl (C=O) groups is 1. The molecule has 2 N–H and O–H groups in total. The van der Waals surface area contributed by atoms with Gasteiger partial charge in [-0.15, -0.1) is 0 Å². The second-order valence-corrected chi connectivity index (χ2v) is 10.4. The van der Waals surface area contributed by atoms with E-state index in [0.717, 1.165) is 44.1 Å². The summed E-state index contributed by atoms with van der Waals surface area (Å²) in [7, 11) is 0. The summed E-state index contributed by atoms with van der Waals surface area (Å²) < 4.78 is 0. The molecule has 3 heteroatoms. The Morgan fingerprint density at radius 1 is 1.10 bits per heavy atom. The van der Waals surface area contributed by atoms with Crippen LogP contribution in [0.1, 0.15) is 75.8 Å². The molecular weight excluding hydrogens is 384 g/mol. The SMILES string of the molecule is CC1(O)CCC2C3CCC4=CC(=O)CCC4=C3[C@@H](c3ccc(C#CCO)cc3)C[C@@]21C. The number of fused-ring (bicyclic) bond motifs is 4. The summed E-state index contributed by atoms with van der Waals surface area (Å²) in [6.07, 6.45) is 8.39. The molecule has 1 aromatic carbocycles. The van der Waals surface area contributed by atoms with E-state index >= 15 is 0 Å². The third-order valence-corrected chi connectivity index (χ3v) is 8.92. The molecular formula is C28H32O3. The van der Waals surface area contributed by atoms with Gasteiger partial charge in [-0.3, -0.25) is 4.79 Å². The lowest BCUT2D eigenvalue weighted by Crippen LogP contribution is -2.50. The Balaban J connectivity index is 1.63. The summed E-state index contributed by atoms with van der Waals surface area (Å²) >= 11 is 0. The number of ketones is 1. The zero-order valence-corrected chi connectivity index (χ0v) is 18.6. The Labute approximate surface area is 185 Å². The predicted molar refractivity (Wildman–Crippen MR) is 121 cm³/mol. The molecule has 0 radical (unpaired) electrons. The summed E-state index contributed by atoms with van der Waals surface area (Å²) in [6.45, 7) is 4.23. The standard InChI is InChI=1S/C28H32O3/c1-27-17-24(19-7-5-18(6-8-19)4-3-15-29)26-22-12-10-21(30)16-20(22)9-11-23(26)25(27)13-14-28(27,2)31/h5-8,16,23-25,29,31H,9-15,17H2,1-2H3/t23?,24-,25?,27+,28?/m1/s1. The number of rotatable bonds is 1. The van der Waals surface area contributed by atoms with Gasteiger partial charge >= 0.3 is 0 Å². The van der Waals surface area contributed by atoms with E-state index < -0.39 is 5.60 Å². The van der Waals surface area contributed by atoms with Crippen LogP contribution >= 0.6 is 0 Å². The molecule has 0 aliphatic heterocycles. The van der Waals surface area contributed by atoms with Crippen molar-refractivity contribution in [3.63, 3.8) is 0 Å². The molecule has 0 saturated heterocycles. The summed E-state index contributed by atoms with van der Waals surface area (Å²) in [5.74, 6) is 7.25. The fraction of sp³-hybridized carbons (Fsp3) is 0.536. The molecule has 3 unspecified atom stereocenters. The molecule has 4 aliphatic rings. The maximum Gasteiger partial charge on any atom is 0.156 e. The van der Waals surface area contributed by atoms with Crippen LogP contribution in [0.25, 0.3) is 0 Å². The van der Waals surface area contributed by atoms with E-state index in [1.165, 1.54) is 16.7 Å². The van der Waals surface area contributed by atoms with Gasteiger partial charge in [0, 0.05) is 23.3 Å². The maximum absolute atomic E-state index is 12.1. The van der Waals surface area contributed by atoms with Crippen LogP contribution in [-0.2, 0) is 4.79 Å². The van der Waals surface area contributed by atoms with E-state index in [1.807, 2.05) is 25.1 Å². The van der Waals surface area contributed by atoms with Crippen LogP contribution in [0.4, 0.5) is 0 Å². The topological polar surface area (TPSA) is 57.5 Å². The third kappa shape index (κ3) is 3.23. The van der Waals surface area contributed by atoms with Crippen LogP contribution in [0.2, 0.25) is 0 Å². The van der Waals surface area contributed by atoms with Crippen LogP contribution in [0.5, 0.6) is 0 Å². The summed E-state index contributed by atoms with van der Waals surface area (Å²) in [5, 5.41) is 20.4. The number of hydrogen-bond acceptors (Lipinski definition) is 3. The van der Waals surface area contributed by atoms with Crippen LogP contribution in [0, 0.1) is 29.1 Å². The Kier molecular flexibility index (Phi) is 5.00. The van der Waals surface area contributed by atoms with Gasteiger partial charge in [0.05, 0.1) is 5.60 Å². The van der Waals surface area contributed by atoms with Crippen LogP contribution in [0.15, 0.2) is 47.1 Å². The molecule has 0 bridgehead atoms. The van der Waals surface area contributed by atoms with E-state index in [9.17, 15) is 9.90 Å². The highest BCUT2D eigenvalue weighted by Gasteiger charge is 2.60. The maximum atomic E-state index is 12.1. The van der Waals surface area contributed by atoms with Gasteiger partial charge in [-0.2, -0.15) is 0 Å². The number of carbonyl (C=O) groups excluding carboxylic acids is 1. The number of aliphatic hydroxyl groups is 2. The smallest absolute Gasteiger partial charge is 0.156 e. The average Bonchev–Trinajstić information content (AvgIpc) is 3.00. The van der Waals surface area contributed by atoms with Crippen molar-refractivity contribution in [3.8, 4) is 11.8 Å². The fourth-order valence-corrected chi connectivity index (χ4v) is 7.12. The van der Waals surface area contributed by atoms with Crippen molar-refractivity contribution >= 4 is 5.78 Å². The molecule has 5 atom stereocenters. The van der Waals surface area contributed by atoms with E-state index in [1.54, 1.807) is 5.57 Å². The summed E-state index contributed by atoms with van der Waals surface area (Å²) in [6, 6.07) is 8.44. The Bertz CT molecular complexity index is 1030. The Morgan fingerprint density at radius 2 is 1.87 bits per heavy atom. The monoisotopic (exact) mass is 416 g/mol. The highest BCUT2D eigenvalue weighted by molar-refractivity contribution is 5.93. The minimum atomic E-state index is -0.642. The van der Waals surface area contributed by atoms with Crippen molar-refractivity contribution in [2.24, 2.45) is 17.3 Å². The van der Waals surface area contributed by atoms with Crippen molar-refractivity contribution in [1.29, 1.82) is 0 Å². The van der Waals surface area contributed by atoms with Gasteiger partial charge in [0.1, 0.15) is 6.61 Å². The van der Waals surface area contributed by atoms with Crippen molar-refractivity contribution < 1.29 is 15.0 Å².